The molecular weight excluding hydrogens is 374 g/mol. The first-order chi connectivity index (χ1) is 14.6. The van der Waals surface area contributed by atoms with E-state index in [2.05, 4.69) is 46.5 Å². The number of aromatic amines is 1. The molecule has 3 heterocycles. The van der Waals surface area contributed by atoms with Crippen LogP contribution in [0.3, 0.4) is 0 Å². The molecule has 1 N–H and O–H groups in total. The Morgan fingerprint density at radius 3 is 2.73 bits per heavy atom. The van der Waals surface area contributed by atoms with Crippen molar-refractivity contribution in [1.29, 1.82) is 0 Å². The lowest BCUT2D eigenvalue weighted by Gasteiger charge is -2.29. The number of hydrogen-bond donors (Lipinski definition) is 1. The molecule has 0 unspecified atom stereocenters. The van der Waals surface area contributed by atoms with Crippen molar-refractivity contribution >= 4 is 11.0 Å². The number of fused-ring (bicyclic) bond motifs is 2. The van der Waals surface area contributed by atoms with Crippen LogP contribution < -0.4 is 5.56 Å². The van der Waals surface area contributed by atoms with Crippen molar-refractivity contribution in [1.82, 2.24) is 24.4 Å². The first kappa shape index (κ1) is 19.5. The van der Waals surface area contributed by atoms with Gasteiger partial charge in [-0.1, -0.05) is 31.4 Å². The zero-order chi connectivity index (χ0) is 20.7. The van der Waals surface area contributed by atoms with Gasteiger partial charge in [-0.15, -0.1) is 0 Å². The van der Waals surface area contributed by atoms with Crippen LogP contribution in [-0.4, -0.2) is 31.0 Å². The lowest BCUT2D eigenvalue weighted by molar-refractivity contribution is 0.231. The third kappa shape index (κ3) is 3.58. The van der Waals surface area contributed by atoms with E-state index in [1.165, 1.54) is 24.8 Å². The van der Waals surface area contributed by atoms with Crippen LogP contribution in [0.15, 0.2) is 29.1 Å². The van der Waals surface area contributed by atoms with E-state index in [4.69, 9.17) is 9.97 Å². The fourth-order valence-electron chi connectivity index (χ4n) is 5.19. The Morgan fingerprint density at radius 2 is 1.93 bits per heavy atom. The predicted octanol–water partition coefficient (Wildman–Crippen LogP) is 4.31. The summed E-state index contributed by atoms with van der Waals surface area (Å²) in [6, 6.07) is 8.66. The van der Waals surface area contributed by atoms with Gasteiger partial charge in [0.05, 0.1) is 28.8 Å². The van der Waals surface area contributed by atoms with Gasteiger partial charge in [-0.25, -0.2) is 9.97 Å². The van der Waals surface area contributed by atoms with Gasteiger partial charge in [-0.2, -0.15) is 0 Å². The Kier molecular flexibility index (Phi) is 5.19. The highest BCUT2D eigenvalue weighted by Crippen LogP contribution is 2.31. The topological polar surface area (TPSA) is 66.8 Å². The second-order valence-corrected chi connectivity index (χ2v) is 9.15. The normalized spacial score (nSPS) is 18.2. The van der Waals surface area contributed by atoms with E-state index in [1.54, 1.807) is 0 Å². The van der Waals surface area contributed by atoms with Crippen molar-refractivity contribution in [3.8, 4) is 0 Å². The van der Waals surface area contributed by atoms with Crippen LogP contribution in [0.25, 0.3) is 11.0 Å². The Morgan fingerprint density at radius 1 is 1.13 bits per heavy atom. The minimum atomic E-state index is 0.0580. The molecule has 0 radical (unpaired) electrons. The van der Waals surface area contributed by atoms with Gasteiger partial charge in [0.15, 0.2) is 0 Å². The lowest BCUT2D eigenvalue weighted by Crippen LogP contribution is -2.36. The number of H-pyrrole nitrogens is 1. The van der Waals surface area contributed by atoms with Crippen molar-refractivity contribution in [3.05, 3.63) is 57.5 Å². The molecule has 0 amide bonds. The molecule has 158 valence electrons. The molecule has 6 nitrogen and oxygen atoms in total. The summed E-state index contributed by atoms with van der Waals surface area (Å²) in [6.07, 6.45) is 6.94. The summed E-state index contributed by atoms with van der Waals surface area (Å²) in [5, 5.41) is 0. The number of nitrogens with one attached hydrogen (secondary N) is 1. The number of hydrogen-bond acceptors (Lipinski definition) is 4. The number of aromatic nitrogens is 4. The molecule has 1 fully saturated rings. The molecule has 1 saturated carbocycles. The Hall–Kier alpha value is -2.47. The highest BCUT2D eigenvalue weighted by atomic mass is 16.1. The molecule has 6 heteroatoms. The Balaban J connectivity index is 1.39. The summed E-state index contributed by atoms with van der Waals surface area (Å²) in [7, 11) is 0. The maximum atomic E-state index is 12.9. The molecule has 0 saturated heterocycles. The van der Waals surface area contributed by atoms with Gasteiger partial charge in [0.2, 0.25) is 0 Å². The Labute approximate surface area is 177 Å². The van der Waals surface area contributed by atoms with Gasteiger partial charge in [0.1, 0.15) is 11.6 Å². The van der Waals surface area contributed by atoms with Crippen LogP contribution in [0.5, 0.6) is 0 Å². The molecule has 0 bridgehead atoms. The number of rotatable bonds is 4. The van der Waals surface area contributed by atoms with Crippen molar-refractivity contribution < 1.29 is 0 Å². The minimum Gasteiger partial charge on any atom is -0.324 e. The number of imidazole rings is 1. The molecule has 3 aromatic rings. The average molecular weight is 406 g/mol. The lowest BCUT2D eigenvalue weighted by atomic mass is 9.88. The standard InChI is InChI=1S/C24H31N5O/c1-16(2)29-21-11-7-6-10-20(21)25-22(29)15-28-13-12-19-18(14-28)24(30)27-23(26-19)17-8-4-3-5-9-17/h6-7,10-11,16-17H,3-5,8-9,12-15H2,1-2H3,(H,26,27,30). The fraction of sp³-hybridized carbons (Fsp3) is 0.542. The summed E-state index contributed by atoms with van der Waals surface area (Å²) in [5.74, 6) is 2.42. The first-order valence-corrected chi connectivity index (χ1v) is 11.4. The van der Waals surface area contributed by atoms with Gasteiger partial charge in [-0.05, 0) is 38.8 Å². The van der Waals surface area contributed by atoms with Crippen LogP contribution in [0.1, 0.15) is 80.8 Å². The van der Waals surface area contributed by atoms with Crippen LogP contribution in [0.4, 0.5) is 0 Å². The van der Waals surface area contributed by atoms with Gasteiger partial charge < -0.3 is 9.55 Å². The summed E-state index contributed by atoms with van der Waals surface area (Å²) >= 11 is 0. The molecule has 30 heavy (non-hydrogen) atoms. The smallest absolute Gasteiger partial charge is 0.255 e. The maximum Gasteiger partial charge on any atom is 0.255 e. The number of nitrogens with zero attached hydrogens (tertiary/aromatic N) is 4. The number of para-hydroxylation sites is 2. The van der Waals surface area contributed by atoms with Gasteiger partial charge in [0, 0.05) is 31.5 Å². The largest absolute Gasteiger partial charge is 0.324 e. The molecule has 2 aromatic heterocycles. The summed E-state index contributed by atoms with van der Waals surface area (Å²) in [4.78, 5) is 28.2. The maximum absolute atomic E-state index is 12.9. The average Bonchev–Trinajstić information content (AvgIpc) is 3.12. The first-order valence-electron chi connectivity index (χ1n) is 11.4. The highest BCUT2D eigenvalue weighted by molar-refractivity contribution is 5.76. The molecule has 1 aliphatic heterocycles. The number of benzene rings is 1. The molecule has 0 atom stereocenters. The van der Waals surface area contributed by atoms with E-state index in [9.17, 15) is 4.79 Å². The minimum absolute atomic E-state index is 0.0580. The summed E-state index contributed by atoms with van der Waals surface area (Å²) in [5.41, 5.74) is 4.12. The van der Waals surface area contributed by atoms with E-state index in [0.29, 0.717) is 18.5 Å². The molecule has 5 rings (SSSR count). The van der Waals surface area contributed by atoms with Gasteiger partial charge in [0.25, 0.3) is 5.56 Å². The molecule has 1 aliphatic carbocycles. The molecular formula is C24H31N5O. The third-order valence-corrected chi connectivity index (χ3v) is 6.71. The molecule has 0 spiro atoms. The van der Waals surface area contributed by atoms with Crippen molar-refractivity contribution in [2.24, 2.45) is 0 Å². The van der Waals surface area contributed by atoms with Gasteiger partial charge >= 0.3 is 0 Å². The second-order valence-electron chi connectivity index (χ2n) is 9.15. The third-order valence-electron chi connectivity index (χ3n) is 6.71. The van der Waals surface area contributed by atoms with E-state index < -0.39 is 0 Å². The highest BCUT2D eigenvalue weighted by Gasteiger charge is 2.26. The SMILES string of the molecule is CC(C)n1c(CN2CCc3nc(C4CCCCC4)[nH]c(=O)c3C2)nc2ccccc21. The predicted molar refractivity (Wildman–Crippen MR) is 119 cm³/mol. The fourth-order valence-corrected chi connectivity index (χ4v) is 5.19. The van der Waals surface area contributed by atoms with E-state index in [0.717, 1.165) is 60.8 Å². The van der Waals surface area contributed by atoms with Gasteiger partial charge in [-0.3, -0.25) is 9.69 Å². The van der Waals surface area contributed by atoms with Crippen LogP contribution in [0.2, 0.25) is 0 Å². The van der Waals surface area contributed by atoms with Crippen molar-refractivity contribution in [2.45, 2.75) is 77.4 Å². The molecule has 1 aromatic carbocycles. The monoisotopic (exact) mass is 405 g/mol. The zero-order valence-corrected chi connectivity index (χ0v) is 18.0. The van der Waals surface area contributed by atoms with Crippen LogP contribution in [-0.2, 0) is 19.5 Å². The zero-order valence-electron chi connectivity index (χ0n) is 18.0. The second kappa shape index (κ2) is 7.99. The molecule has 2 aliphatic rings. The van der Waals surface area contributed by atoms with Crippen molar-refractivity contribution in [3.63, 3.8) is 0 Å². The van der Waals surface area contributed by atoms with Crippen molar-refractivity contribution in [2.75, 3.05) is 6.54 Å². The van der Waals surface area contributed by atoms with E-state index in [-0.39, 0.29) is 5.56 Å². The summed E-state index contributed by atoms with van der Waals surface area (Å²) < 4.78 is 2.32. The van der Waals surface area contributed by atoms with Crippen LogP contribution >= 0.6 is 0 Å². The quantitative estimate of drug-likeness (QED) is 0.702. The van der Waals surface area contributed by atoms with Crippen LogP contribution in [0, 0.1) is 0 Å². The van der Waals surface area contributed by atoms with E-state index in [1.807, 2.05) is 6.07 Å². The van der Waals surface area contributed by atoms with E-state index >= 15 is 0 Å². The summed E-state index contributed by atoms with van der Waals surface area (Å²) in [6.45, 7) is 6.70. The Bertz CT molecular complexity index is 1110.